The van der Waals surface area contributed by atoms with E-state index in [9.17, 15) is 9.59 Å². The Kier molecular flexibility index (Phi) is 11.1. The molecule has 1 unspecified atom stereocenters. The van der Waals surface area contributed by atoms with Crippen molar-refractivity contribution in [3.8, 4) is 5.75 Å². The van der Waals surface area contributed by atoms with E-state index in [1.54, 1.807) is 41.3 Å². The van der Waals surface area contributed by atoms with Crippen LogP contribution in [0.15, 0.2) is 66.7 Å². The van der Waals surface area contributed by atoms with E-state index in [1.165, 1.54) is 0 Å². The molecular weight excluding hydrogens is 531 g/mol. The van der Waals surface area contributed by atoms with E-state index in [0.29, 0.717) is 33.8 Å². The van der Waals surface area contributed by atoms with Gasteiger partial charge in [-0.25, -0.2) is 0 Å². The number of hydrogen-bond donors (Lipinski definition) is 1. The normalized spacial score (nSPS) is 11.6. The minimum atomic E-state index is -0.753. The molecule has 0 aliphatic carbocycles. The van der Waals surface area contributed by atoms with Gasteiger partial charge in [-0.15, -0.1) is 0 Å². The van der Waals surface area contributed by atoms with Crippen molar-refractivity contribution >= 4 is 46.6 Å². The first-order valence-electron chi connectivity index (χ1n) is 12.2. The number of benzene rings is 3. The largest absolute Gasteiger partial charge is 0.484 e. The molecule has 0 spiro atoms. The third-order valence-corrected chi connectivity index (χ3v) is 7.09. The van der Waals surface area contributed by atoms with Crippen LogP contribution in [0.1, 0.15) is 36.5 Å². The molecule has 8 heteroatoms. The van der Waals surface area contributed by atoms with Gasteiger partial charge in [-0.1, -0.05) is 84.5 Å². The number of carbonyl (C=O) groups excluding carboxylic acids is 2. The number of aryl methyl sites for hydroxylation is 1. The highest BCUT2D eigenvalue weighted by Gasteiger charge is 2.30. The third kappa shape index (κ3) is 8.67. The molecule has 0 bridgehead atoms. The van der Waals surface area contributed by atoms with Crippen LogP contribution in [0.2, 0.25) is 15.1 Å². The topological polar surface area (TPSA) is 58.6 Å². The third-order valence-electron chi connectivity index (χ3n) is 5.93. The molecule has 0 saturated heterocycles. The first-order chi connectivity index (χ1) is 17.8. The highest BCUT2D eigenvalue weighted by atomic mass is 35.5. The lowest BCUT2D eigenvalue weighted by molar-refractivity contribution is -0.142. The van der Waals surface area contributed by atoms with Gasteiger partial charge in [-0.3, -0.25) is 9.59 Å². The van der Waals surface area contributed by atoms with Crippen molar-refractivity contribution in [1.82, 2.24) is 10.2 Å². The Morgan fingerprint density at radius 1 is 0.919 bits per heavy atom. The van der Waals surface area contributed by atoms with Crippen LogP contribution in [0.4, 0.5) is 0 Å². The second kappa shape index (κ2) is 14.3. The fourth-order valence-electron chi connectivity index (χ4n) is 3.83. The van der Waals surface area contributed by atoms with Crippen molar-refractivity contribution in [3.05, 3.63) is 98.5 Å². The van der Waals surface area contributed by atoms with Crippen molar-refractivity contribution in [2.24, 2.45) is 0 Å². The first kappa shape index (κ1) is 28.8. The molecule has 0 aliphatic rings. The second-order valence-corrected chi connectivity index (χ2v) is 10.0. The molecule has 0 aliphatic heterocycles. The zero-order valence-electron chi connectivity index (χ0n) is 21.0. The molecule has 0 fully saturated rings. The van der Waals surface area contributed by atoms with Gasteiger partial charge in [0.2, 0.25) is 5.91 Å². The monoisotopic (exact) mass is 560 g/mol. The number of unbranched alkanes of at least 4 members (excludes halogenated alkanes) is 1. The quantitative estimate of drug-likeness (QED) is 0.245. The summed E-state index contributed by atoms with van der Waals surface area (Å²) < 4.78 is 5.82. The summed E-state index contributed by atoms with van der Waals surface area (Å²) in [5.74, 6) is -0.0185. The van der Waals surface area contributed by atoms with Gasteiger partial charge in [0.15, 0.2) is 6.61 Å². The summed E-state index contributed by atoms with van der Waals surface area (Å²) in [7, 11) is 0. The summed E-state index contributed by atoms with van der Waals surface area (Å²) in [6.45, 7) is 4.39. The summed E-state index contributed by atoms with van der Waals surface area (Å²) in [5, 5.41) is 4.42. The number of nitrogens with one attached hydrogen (secondary N) is 1. The van der Waals surface area contributed by atoms with Crippen molar-refractivity contribution in [3.63, 3.8) is 0 Å². The SMILES string of the molecule is CCCCNC(=O)C(Cc1ccccc1)N(Cc1ccc(Cl)c(Cl)c1)C(=O)COc1ccc(Cl)c(C)c1. The number of rotatable bonds is 12. The van der Waals surface area contributed by atoms with Gasteiger partial charge >= 0.3 is 0 Å². The molecule has 0 aromatic heterocycles. The van der Waals surface area contributed by atoms with Crippen LogP contribution in [0.25, 0.3) is 0 Å². The van der Waals surface area contributed by atoms with Crippen molar-refractivity contribution in [2.45, 2.75) is 45.7 Å². The summed E-state index contributed by atoms with van der Waals surface area (Å²) in [6, 6.07) is 19.3. The highest BCUT2D eigenvalue weighted by Crippen LogP contribution is 2.25. The van der Waals surface area contributed by atoms with Gasteiger partial charge < -0.3 is 15.0 Å². The van der Waals surface area contributed by atoms with E-state index in [1.807, 2.05) is 37.3 Å². The molecule has 3 rings (SSSR count). The fourth-order valence-corrected chi connectivity index (χ4v) is 4.27. The van der Waals surface area contributed by atoms with Crippen LogP contribution in [0.3, 0.4) is 0 Å². The number of ether oxygens (including phenoxy) is 1. The molecule has 3 aromatic carbocycles. The first-order valence-corrected chi connectivity index (χ1v) is 13.4. The smallest absolute Gasteiger partial charge is 0.261 e. The fraction of sp³-hybridized carbons (Fsp3) is 0.310. The molecule has 37 heavy (non-hydrogen) atoms. The highest BCUT2D eigenvalue weighted by molar-refractivity contribution is 6.42. The Balaban J connectivity index is 1.91. The molecular formula is C29H31Cl3N2O3. The Hall–Kier alpha value is -2.73. The summed E-state index contributed by atoms with van der Waals surface area (Å²) >= 11 is 18.5. The molecule has 0 radical (unpaired) electrons. The van der Waals surface area contributed by atoms with E-state index in [2.05, 4.69) is 12.2 Å². The number of nitrogens with zero attached hydrogens (tertiary/aromatic N) is 1. The van der Waals surface area contributed by atoms with E-state index in [-0.39, 0.29) is 25.0 Å². The minimum absolute atomic E-state index is 0.164. The number of amides is 2. The maximum Gasteiger partial charge on any atom is 0.261 e. The molecule has 0 heterocycles. The average molecular weight is 562 g/mol. The van der Waals surface area contributed by atoms with Crippen molar-refractivity contribution < 1.29 is 14.3 Å². The Morgan fingerprint density at radius 3 is 2.32 bits per heavy atom. The molecule has 196 valence electrons. The van der Waals surface area contributed by atoms with Gasteiger partial charge in [0, 0.05) is 24.5 Å². The van der Waals surface area contributed by atoms with Crippen LogP contribution in [-0.4, -0.2) is 35.9 Å². The second-order valence-electron chi connectivity index (χ2n) is 8.82. The van der Waals surface area contributed by atoms with Crippen LogP contribution in [0.5, 0.6) is 5.75 Å². The van der Waals surface area contributed by atoms with Crippen LogP contribution >= 0.6 is 34.8 Å². The predicted molar refractivity (Wildman–Crippen MR) is 151 cm³/mol. The van der Waals surface area contributed by atoms with Gasteiger partial charge in [0.25, 0.3) is 5.91 Å². The zero-order valence-corrected chi connectivity index (χ0v) is 23.2. The van der Waals surface area contributed by atoms with E-state index < -0.39 is 6.04 Å². The number of halogens is 3. The molecule has 1 atom stereocenters. The van der Waals surface area contributed by atoms with Crippen molar-refractivity contribution in [2.75, 3.05) is 13.2 Å². The molecule has 1 N–H and O–H groups in total. The van der Waals surface area contributed by atoms with Crippen LogP contribution in [-0.2, 0) is 22.6 Å². The van der Waals surface area contributed by atoms with E-state index in [0.717, 1.165) is 29.5 Å². The summed E-state index contributed by atoms with van der Waals surface area (Å²) in [5.41, 5.74) is 2.54. The predicted octanol–water partition coefficient (Wildman–Crippen LogP) is 6.89. The zero-order chi connectivity index (χ0) is 26.8. The average Bonchev–Trinajstić information content (AvgIpc) is 2.89. The molecule has 3 aromatic rings. The van der Waals surface area contributed by atoms with E-state index >= 15 is 0 Å². The lowest BCUT2D eigenvalue weighted by Crippen LogP contribution is -2.51. The number of hydrogen-bond acceptors (Lipinski definition) is 3. The Labute approximate surface area is 233 Å². The Bertz CT molecular complexity index is 1200. The molecule has 0 saturated carbocycles. The van der Waals surface area contributed by atoms with Gasteiger partial charge in [-0.2, -0.15) is 0 Å². The van der Waals surface area contributed by atoms with Crippen molar-refractivity contribution in [1.29, 1.82) is 0 Å². The summed E-state index contributed by atoms with van der Waals surface area (Å²) in [4.78, 5) is 28.6. The maximum absolute atomic E-state index is 13.6. The maximum atomic E-state index is 13.6. The molecule has 5 nitrogen and oxygen atoms in total. The number of carbonyl (C=O) groups is 2. The standard InChI is InChI=1S/C29H31Cl3N2O3/c1-3-4-14-33-29(36)27(17-21-8-6-5-7-9-21)34(18-22-10-12-25(31)26(32)16-22)28(35)19-37-23-11-13-24(30)20(2)15-23/h5-13,15-16,27H,3-4,14,17-19H2,1-2H3,(H,33,36). The minimum Gasteiger partial charge on any atom is -0.484 e. The van der Waals surface area contributed by atoms with Crippen LogP contribution < -0.4 is 10.1 Å². The van der Waals surface area contributed by atoms with Gasteiger partial charge in [0.1, 0.15) is 11.8 Å². The van der Waals surface area contributed by atoms with Gasteiger partial charge in [-0.05, 0) is 60.4 Å². The Morgan fingerprint density at radius 2 is 1.65 bits per heavy atom. The lowest BCUT2D eigenvalue weighted by Gasteiger charge is -2.31. The summed E-state index contributed by atoms with van der Waals surface area (Å²) in [6.07, 6.45) is 2.15. The lowest BCUT2D eigenvalue weighted by atomic mass is 10.0. The van der Waals surface area contributed by atoms with E-state index in [4.69, 9.17) is 39.5 Å². The van der Waals surface area contributed by atoms with Crippen LogP contribution in [0, 0.1) is 6.92 Å². The molecule has 2 amide bonds. The van der Waals surface area contributed by atoms with Gasteiger partial charge in [0.05, 0.1) is 10.0 Å².